The van der Waals surface area contributed by atoms with E-state index in [9.17, 15) is 9.18 Å². The number of likely N-dealkylation sites (tertiary alicyclic amines) is 1. The predicted octanol–water partition coefficient (Wildman–Crippen LogP) is 2.20. The molecule has 1 fully saturated rings. The summed E-state index contributed by atoms with van der Waals surface area (Å²) in [7, 11) is 1.78. The zero-order valence-electron chi connectivity index (χ0n) is 10.0. The Morgan fingerprint density at radius 3 is 2.94 bits per heavy atom. The fraction of sp³-hybridized carbons (Fsp3) is 0.417. The molecule has 1 aromatic rings. The lowest BCUT2D eigenvalue weighted by Crippen LogP contribution is -2.43. The molecular weight excluding hydrogens is 301 g/mol. The first-order chi connectivity index (χ1) is 8.47. The summed E-state index contributed by atoms with van der Waals surface area (Å²) in [5.74, 6) is -0.227. The standard InChI is InChI=1S/C12H15BrFN3O/c1-17-6-7(2-3-12(17)18)16-11-4-8(13)9(14)5-10(11)15/h4-5,7,16H,2-3,6,15H2,1H3. The Kier molecular flexibility index (Phi) is 3.75. The first-order valence-electron chi connectivity index (χ1n) is 5.72. The number of hydrogen-bond acceptors (Lipinski definition) is 3. The van der Waals surface area contributed by atoms with Gasteiger partial charge >= 0.3 is 0 Å². The molecule has 3 N–H and O–H groups in total. The highest BCUT2D eigenvalue weighted by molar-refractivity contribution is 9.10. The number of likely N-dealkylation sites (N-methyl/N-ethyl adjacent to an activating group) is 1. The Hall–Kier alpha value is -1.30. The molecule has 2 rings (SSSR count). The molecule has 0 aromatic heterocycles. The van der Waals surface area contributed by atoms with Gasteiger partial charge in [-0.1, -0.05) is 0 Å². The number of nitrogen functional groups attached to an aromatic ring is 1. The van der Waals surface area contributed by atoms with E-state index in [0.29, 0.717) is 28.8 Å². The van der Waals surface area contributed by atoms with Crippen molar-refractivity contribution in [3.05, 3.63) is 22.4 Å². The minimum atomic E-state index is -0.381. The van der Waals surface area contributed by atoms with E-state index < -0.39 is 0 Å². The van der Waals surface area contributed by atoms with Gasteiger partial charge < -0.3 is 16.0 Å². The van der Waals surface area contributed by atoms with E-state index in [0.717, 1.165) is 6.42 Å². The first kappa shape index (κ1) is 13.1. The molecule has 0 bridgehead atoms. The quantitative estimate of drug-likeness (QED) is 0.823. The van der Waals surface area contributed by atoms with E-state index >= 15 is 0 Å². The van der Waals surface area contributed by atoms with Crippen LogP contribution in [0.5, 0.6) is 0 Å². The molecule has 1 aliphatic heterocycles. The second-order valence-electron chi connectivity index (χ2n) is 4.51. The number of hydrogen-bond donors (Lipinski definition) is 2. The average Bonchev–Trinajstić information content (AvgIpc) is 2.31. The van der Waals surface area contributed by atoms with Crippen molar-refractivity contribution in [1.82, 2.24) is 4.90 Å². The van der Waals surface area contributed by atoms with Gasteiger partial charge in [0.2, 0.25) is 5.91 Å². The summed E-state index contributed by atoms with van der Waals surface area (Å²) in [5, 5.41) is 3.25. The average molecular weight is 316 g/mol. The van der Waals surface area contributed by atoms with Gasteiger partial charge in [-0.3, -0.25) is 4.79 Å². The number of amides is 1. The fourth-order valence-electron chi connectivity index (χ4n) is 2.04. The van der Waals surface area contributed by atoms with Crippen molar-refractivity contribution in [1.29, 1.82) is 0 Å². The molecule has 0 spiro atoms. The number of carbonyl (C=O) groups excluding carboxylic acids is 1. The summed E-state index contributed by atoms with van der Waals surface area (Å²) in [6.45, 7) is 0.632. The van der Waals surface area contributed by atoms with E-state index in [2.05, 4.69) is 21.2 Å². The third-order valence-electron chi connectivity index (χ3n) is 3.08. The summed E-state index contributed by atoms with van der Waals surface area (Å²) >= 11 is 3.13. The second kappa shape index (κ2) is 5.14. The van der Waals surface area contributed by atoms with Gasteiger partial charge in [-0.2, -0.15) is 0 Å². The second-order valence-corrected chi connectivity index (χ2v) is 5.36. The van der Waals surface area contributed by atoms with Crippen LogP contribution in [-0.4, -0.2) is 30.4 Å². The Bertz CT molecular complexity index is 481. The number of anilines is 2. The monoisotopic (exact) mass is 315 g/mol. The number of nitrogens with zero attached hydrogens (tertiary/aromatic N) is 1. The summed E-state index contributed by atoms with van der Waals surface area (Å²) in [6.07, 6.45) is 1.29. The lowest BCUT2D eigenvalue weighted by atomic mass is 10.1. The van der Waals surface area contributed by atoms with E-state index in [1.807, 2.05) is 0 Å². The zero-order valence-corrected chi connectivity index (χ0v) is 11.6. The Morgan fingerprint density at radius 1 is 1.56 bits per heavy atom. The van der Waals surface area contributed by atoms with E-state index in [4.69, 9.17) is 5.73 Å². The van der Waals surface area contributed by atoms with Crippen LogP contribution in [0.1, 0.15) is 12.8 Å². The summed E-state index contributed by atoms with van der Waals surface area (Å²) < 4.78 is 13.6. The van der Waals surface area contributed by atoms with Crippen molar-refractivity contribution in [2.24, 2.45) is 0 Å². The van der Waals surface area contributed by atoms with Crippen LogP contribution >= 0.6 is 15.9 Å². The molecular formula is C12H15BrFN3O. The van der Waals surface area contributed by atoms with Crippen molar-refractivity contribution in [2.75, 3.05) is 24.6 Å². The molecule has 18 heavy (non-hydrogen) atoms. The highest BCUT2D eigenvalue weighted by Gasteiger charge is 2.23. The Labute approximate surface area is 113 Å². The maximum atomic E-state index is 13.2. The van der Waals surface area contributed by atoms with Crippen LogP contribution in [0.15, 0.2) is 16.6 Å². The van der Waals surface area contributed by atoms with Crippen LogP contribution in [0, 0.1) is 5.82 Å². The van der Waals surface area contributed by atoms with Gasteiger partial charge in [0.25, 0.3) is 0 Å². The van der Waals surface area contributed by atoms with Gasteiger partial charge in [0, 0.05) is 32.1 Å². The SMILES string of the molecule is CN1CC(Nc2cc(Br)c(F)cc2N)CCC1=O. The number of nitrogens with one attached hydrogen (secondary N) is 1. The molecule has 1 unspecified atom stereocenters. The number of halogens is 2. The number of benzene rings is 1. The van der Waals surface area contributed by atoms with Crippen molar-refractivity contribution >= 4 is 33.2 Å². The molecule has 4 nitrogen and oxygen atoms in total. The van der Waals surface area contributed by atoms with Crippen LogP contribution < -0.4 is 11.1 Å². The molecule has 1 aliphatic rings. The van der Waals surface area contributed by atoms with Gasteiger partial charge in [0.15, 0.2) is 0 Å². The molecule has 0 aliphatic carbocycles. The third-order valence-corrected chi connectivity index (χ3v) is 3.69. The minimum Gasteiger partial charge on any atom is -0.397 e. The topological polar surface area (TPSA) is 58.4 Å². The molecule has 1 amide bonds. The Balaban J connectivity index is 2.10. The molecule has 1 heterocycles. The maximum Gasteiger partial charge on any atom is 0.222 e. The van der Waals surface area contributed by atoms with Crippen LogP contribution in [0.25, 0.3) is 0 Å². The summed E-state index contributed by atoms with van der Waals surface area (Å²) in [4.78, 5) is 13.1. The zero-order chi connectivity index (χ0) is 13.3. The van der Waals surface area contributed by atoms with E-state index in [1.54, 1.807) is 18.0 Å². The summed E-state index contributed by atoms with van der Waals surface area (Å²) in [6, 6.07) is 3.05. The van der Waals surface area contributed by atoms with Gasteiger partial charge in [0.1, 0.15) is 5.82 Å². The molecule has 98 valence electrons. The van der Waals surface area contributed by atoms with Crippen LogP contribution in [0.2, 0.25) is 0 Å². The summed E-state index contributed by atoms with van der Waals surface area (Å²) in [5.41, 5.74) is 6.83. The van der Waals surface area contributed by atoms with E-state index in [-0.39, 0.29) is 17.8 Å². The number of rotatable bonds is 2. The van der Waals surface area contributed by atoms with Crippen molar-refractivity contribution in [3.63, 3.8) is 0 Å². The molecule has 6 heteroatoms. The van der Waals surface area contributed by atoms with Crippen molar-refractivity contribution in [3.8, 4) is 0 Å². The van der Waals surface area contributed by atoms with Crippen LogP contribution in [0.4, 0.5) is 15.8 Å². The predicted molar refractivity (Wildman–Crippen MR) is 72.8 cm³/mol. The minimum absolute atomic E-state index is 0.146. The van der Waals surface area contributed by atoms with Crippen molar-refractivity contribution < 1.29 is 9.18 Å². The molecule has 1 atom stereocenters. The van der Waals surface area contributed by atoms with Gasteiger partial charge in [-0.25, -0.2) is 4.39 Å². The third kappa shape index (κ3) is 2.75. The van der Waals surface area contributed by atoms with Crippen LogP contribution in [0.3, 0.4) is 0 Å². The molecule has 1 aromatic carbocycles. The largest absolute Gasteiger partial charge is 0.397 e. The normalized spacial score (nSPS) is 20.1. The highest BCUT2D eigenvalue weighted by atomic mass is 79.9. The lowest BCUT2D eigenvalue weighted by Gasteiger charge is -2.31. The number of nitrogens with two attached hydrogens (primary N) is 1. The molecule has 1 saturated heterocycles. The van der Waals surface area contributed by atoms with E-state index in [1.165, 1.54) is 6.07 Å². The molecule has 0 radical (unpaired) electrons. The Morgan fingerprint density at radius 2 is 2.28 bits per heavy atom. The fourth-order valence-corrected chi connectivity index (χ4v) is 2.38. The van der Waals surface area contributed by atoms with Crippen molar-refractivity contribution in [2.45, 2.75) is 18.9 Å². The number of carbonyl (C=O) groups is 1. The smallest absolute Gasteiger partial charge is 0.222 e. The van der Waals surface area contributed by atoms with Gasteiger partial charge in [0.05, 0.1) is 15.8 Å². The lowest BCUT2D eigenvalue weighted by molar-refractivity contribution is -0.132. The highest BCUT2D eigenvalue weighted by Crippen LogP contribution is 2.28. The van der Waals surface area contributed by atoms with Gasteiger partial charge in [-0.05, 0) is 28.4 Å². The van der Waals surface area contributed by atoms with Gasteiger partial charge in [-0.15, -0.1) is 0 Å². The molecule has 0 saturated carbocycles. The first-order valence-corrected chi connectivity index (χ1v) is 6.51. The number of piperidine rings is 1. The van der Waals surface area contributed by atoms with Crippen LogP contribution in [-0.2, 0) is 4.79 Å². The maximum absolute atomic E-state index is 13.2.